The summed E-state index contributed by atoms with van der Waals surface area (Å²) in [5.41, 5.74) is 1.02. The monoisotopic (exact) mass is 468 g/mol. The van der Waals surface area contributed by atoms with Crippen molar-refractivity contribution in [3.8, 4) is 0 Å². The fourth-order valence-corrected chi connectivity index (χ4v) is 5.40. The first-order chi connectivity index (χ1) is 16.5. The van der Waals surface area contributed by atoms with Crippen molar-refractivity contribution in [3.05, 3.63) is 35.9 Å². The van der Waals surface area contributed by atoms with Crippen LogP contribution in [0.1, 0.15) is 56.9 Å². The number of hydrogen-bond acceptors (Lipinski definition) is 4. The van der Waals surface area contributed by atoms with Crippen LogP contribution >= 0.6 is 0 Å². The van der Waals surface area contributed by atoms with Crippen molar-refractivity contribution in [2.45, 2.75) is 64.0 Å². The molecule has 8 nitrogen and oxygen atoms in total. The Labute approximate surface area is 201 Å². The van der Waals surface area contributed by atoms with Gasteiger partial charge in [0.1, 0.15) is 0 Å². The van der Waals surface area contributed by atoms with Gasteiger partial charge in [0, 0.05) is 45.3 Å². The molecule has 0 bridgehead atoms. The Balaban J connectivity index is 1.23. The molecule has 184 valence electrons. The van der Waals surface area contributed by atoms with Gasteiger partial charge in [0.2, 0.25) is 0 Å². The van der Waals surface area contributed by atoms with E-state index in [-0.39, 0.29) is 6.04 Å². The number of nitrogens with one attached hydrogen (secondary N) is 1. The van der Waals surface area contributed by atoms with Crippen LogP contribution in [-0.2, 0) is 25.7 Å². The van der Waals surface area contributed by atoms with E-state index in [1.54, 1.807) is 14.7 Å². The van der Waals surface area contributed by atoms with E-state index in [2.05, 4.69) is 5.32 Å². The van der Waals surface area contributed by atoms with Gasteiger partial charge in [-0.3, -0.25) is 19.2 Å². The SMILES string of the molecule is O=C1NC[C@H](CCCCN2CCN(Cc3ccccc3)C(=O)C2=O)N(CC2CCCCC2)C1=O. The zero-order valence-corrected chi connectivity index (χ0v) is 19.9. The first-order valence-corrected chi connectivity index (χ1v) is 12.7. The van der Waals surface area contributed by atoms with E-state index in [4.69, 9.17) is 0 Å². The zero-order chi connectivity index (χ0) is 23.9. The van der Waals surface area contributed by atoms with E-state index < -0.39 is 23.6 Å². The Morgan fingerprint density at radius 1 is 0.824 bits per heavy atom. The first kappa shape index (κ1) is 24.2. The Bertz CT molecular complexity index is 884. The van der Waals surface area contributed by atoms with E-state index in [1.807, 2.05) is 30.3 Å². The van der Waals surface area contributed by atoms with Gasteiger partial charge in [-0.05, 0) is 43.6 Å². The molecule has 4 rings (SSSR count). The molecule has 1 N–H and O–H groups in total. The van der Waals surface area contributed by atoms with Crippen LogP contribution in [0.15, 0.2) is 30.3 Å². The van der Waals surface area contributed by atoms with Crippen molar-refractivity contribution in [1.29, 1.82) is 0 Å². The van der Waals surface area contributed by atoms with Gasteiger partial charge in [-0.15, -0.1) is 0 Å². The molecule has 8 heteroatoms. The fraction of sp³-hybridized carbons (Fsp3) is 0.615. The molecule has 1 aromatic rings. The summed E-state index contributed by atoms with van der Waals surface area (Å²) >= 11 is 0. The summed E-state index contributed by atoms with van der Waals surface area (Å²) in [6.07, 6.45) is 8.32. The smallest absolute Gasteiger partial charge is 0.312 e. The van der Waals surface area contributed by atoms with Crippen LogP contribution in [0.2, 0.25) is 0 Å². The Morgan fingerprint density at radius 2 is 1.53 bits per heavy atom. The minimum atomic E-state index is -0.496. The van der Waals surface area contributed by atoms with E-state index in [0.717, 1.165) is 37.7 Å². The van der Waals surface area contributed by atoms with Gasteiger partial charge in [0.05, 0.1) is 0 Å². The van der Waals surface area contributed by atoms with E-state index in [0.29, 0.717) is 45.2 Å². The predicted octanol–water partition coefficient (Wildman–Crippen LogP) is 1.93. The van der Waals surface area contributed by atoms with Gasteiger partial charge in [-0.1, -0.05) is 49.6 Å². The number of rotatable bonds is 9. The molecule has 3 fully saturated rings. The van der Waals surface area contributed by atoms with Crippen molar-refractivity contribution in [1.82, 2.24) is 20.0 Å². The minimum Gasteiger partial charge on any atom is -0.346 e. The van der Waals surface area contributed by atoms with Crippen LogP contribution in [0.4, 0.5) is 0 Å². The van der Waals surface area contributed by atoms with Crippen LogP contribution in [0, 0.1) is 5.92 Å². The number of carbonyl (C=O) groups excluding carboxylic acids is 4. The summed E-state index contributed by atoms with van der Waals surface area (Å²) in [5.74, 6) is -1.28. The normalized spacial score (nSPS) is 22.4. The van der Waals surface area contributed by atoms with Crippen LogP contribution in [0.5, 0.6) is 0 Å². The number of nitrogens with zero attached hydrogens (tertiary/aromatic N) is 3. The largest absolute Gasteiger partial charge is 0.346 e. The summed E-state index contributed by atoms with van der Waals surface area (Å²) in [6.45, 7) is 3.25. The highest BCUT2D eigenvalue weighted by Crippen LogP contribution is 2.26. The molecule has 2 saturated heterocycles. The molecule has 0 radical (unpaired) electrons. The van der Waals surface area contributed by atoms with E-state index in [9.17, 15) is 19.2 Å². The summed E-state index contributed by atoms with van der Waals surface area (Å²) in [7, 11) is 0. The molecule has 0 unspecified atom stereocenters. The van der Waals surface area contributed by atoms with Gasteiger partial charge in [0.25, 0.3) is 0 Å². The number of piperazine rings is 2. The molecule has 1 aliphatic carbocycles. The highest BCUT2D eigenvalue weighted by Gasteiger charge is 2.35. The fourth-order valence-electron chi connectivity index (χ4n) is 5.40. The zero-order valence-electron chi connectivity index (χ0n) is 19.9. The van der Waals surface area contributed by atoms with Gasteiger partial charge in [0.15, 0.2) is 0 Å². The highest BCUT2D eigenvalue weighted by atomic mass is 16.2. The van der Waals surface area contributed by atoms with Crippen LogP contribution < -0.4 is 5.32 Å². The third-order valence-electron chi connectivity index (χ3n) is 7.40. The predicted molar refractivity (Wildman–Crippen MR) is 127 cm³/mol. The van der Waals surface area contributed by atoms with Crippen LogP contribution in [0.3, 0.4) is 0 Å². The highest BCUT2D eigenvalue weighted by molar-refractivity contribution is 6.36. The lowest BCUT2D eigenvalue weighted by Crippen LogP contribution is -2.59. The second kappa shape index (κ2) is 11.5. The third-order valence-corrected chi connectivity index (χ3v) is 7.40. The molecule has 2 aliphatic heterocycles. The lowest BCUT2D eigenvalue weighted by Gasteiger charge is -2.38. The van der Waals surface area contributed by atoms with E-state index in [1.165, 1.54) is 19.3 Å². The molecule has 2 heterocycles. The maximum absolute atomic E-state index is 12.6. The van der Waals surface area contributed by atoms with Gasteiger partial charge in [-0.25, -0.2) is 0 Å². The van der Waals surface area contributed by atoms with Gasteiger partial charge < -0.3 is 20.0 Å². The summed E-state index contributed by atoms with van der Waals surface area (Å²) < 4.78 is 0. The molecular weight excluding hydrogens is 432 g/mol. The molecular formula is C26H36N4O4. The number of hydrogen-bond donors (Lipinski definition) is 1. The average molecular weight is 469 g/mol. The molecule has 1 aromatic carbocycles. The lowest BCUT2D eigenvalue weighted by atomic mass is 9.88. The van der Waals surface area contributed by atoms with Gasteiger partial charge in [-0.2, -0.15) is 0 Å². The molecule has 1 saturated carbocycles. The molecule has 0 spiro atoms. The quantitative estimate of drug-likeness (QED) is 0.443. The van der Waals surface area contributed by atoms with Crippen molar-refractivity contribution in [2.75, 3.05) is 32.7 Å². The summed E-state index contributed by atoms with van der Waals surface area (Å²) in [4.78, 5) is 54.7. The number of benzene rings is 1. The second-order valence-electron chi connectivity index (χ2n) is 9.83. The Kier molecular flexibility index (Phi) is 8.19. The topological polar surface area (TPSA) is 90.0 Å². The standard InChI is InChI=1S/C26H36N4O4/c31-23-24(32)30(19-21-11-5-2-6-12-21)22(17-27-23)13-7-8-14-28-15-16-29(26(34)25(28)33)18-20-9-3-1-4-10-20/h1,3-4,9-10,21-22H,2,5-8,11-19H2,(H,27,31)/t22-/m0/s1. The van der Waals surface area contributed by atoms with Crippen LogP contribution in [-0.4, -0.2) is 77.1 Å². The number of unbranched alkanes of at least 4 members (excludes halogenated alkanes) is 1. The Morgan fingerprint density at radius 3 is 2.29 bits per heavy atom. The average Bonchev–Trinajstić information content (AvgIpc) is 2.86. The second-order valence-corrected chi connectivity index (χ2v) is 9.83. The minimum absolute atomic E-state index is 0.00665. The summed E-state index contributed by atoms with van der Waals surface area (Å²) in [6, 6.07) is 9.71. The van der Waals surface area contributed by atoms with Crippen molar-refractivity contribution >= 4 is 23.6 Å². The summed E-state index contributed by atoms with van der Waals surface area (Å²) in [5, 5.41) is 2.73. The first-order valence-electron chi connectivity index (χ1n) is 12.7. The Hall–Kier alpha value is -2.90. The molecule has 4 amide bonds. The molecule has 1 atom stereocenters. The number of carbonyl (C=O) groups is 4. The van der Waals surface area contributed by atoms with Crippen LogP contribution in [0.25, 0.3) is 0 Å². The number of amides is 4. The van der Waals surface area contributed by atoms with Crippen molar-refractivity contribution in [2.24, 2.45) is 5.92 Å². The van der Waals surface area contributed by atoms with Crippen molar-refractivity contribution < 1.29 is 19.2 Å². The molecule has 34 heavy (non-hydrogen) atoms. The molecule has 0 aromatic heterocycles. The third kappa shape index (κ3) is 5.96. The molecule has 3 aliphatic rings. The maximum Gasteiger partial charge on any atom is 0.312 e. The van der Waals surface area contributed by atoms with Crippen molar-refractivity contribution in [3.63, 3.8) is 0 Å². The van der Waals surface area contributed by atoms with Gasteiger partial charge >= 0.3 is 23.6 Å². The lowest BCUT2D eigenvalue weighted by molar-refractivity contribution is -0.156. The maximum atomic E-state index is 12.6. The van der Waals surface area contributed by atoms with E-state index >= 15 is 0 Å².